The molecule has 2 bridgehead atoms. The lowest BCUT2D eigenvalue weighted by molar-refractivity contribution is -0.127. The van der Waals surface area contributed by atoms with Gasteiger partial charge in [-0.2, -0.15) is 0 Å². The van der Waals surface area contributed by atoms with Crippen LogP contribution in [0.2, 0.25) is 0 Å². The molecule has 4 atom stereocenters. The Morgan fingerprint density at radius 3 is 2.51 bits per heavy atom. The summed E-state index contributed by atoms with van der Waals surface area (Å²) in [6, 6.07) is 18.1. The molecule has 3 aromatic rings. The molecule has 2 fully saturated rings. The Labute approximate surface area is 219 Å². The van der Waals surface area contributed by atoms with E-state index in [1.165, 1.54) is 6.42 Å². The monoisotopic (exact) mass is 501 g/mol. The second kappa shape index (κ2) is 9.55. The van der Waals surface area contributed by atoms with Crippen molar-refractivity contribution in [3.63, 3.8) is 0 Å². The number of para-hydroxylation sites is 1. The minimum atomic E-state index is -1.17. The van der Waals surface area contributed by atoms with Crippen molar-refractivity contribution in [3.8, 4) is 0 Å². The van der Waals surface area contributed by atoms with Gasteiger partial charge in [-0.1, -0.05) is 69.3 Å². The summed E-state index contributed by atoms with van der Waals surface area (Å²) < 4.78 is 6.07. The fourth-order valence-electron chi connectivity index (χ4n) is 6.69. The first-order chi connectivity index (χ1) is 17.6. The zero-order valence-electron chi connectivity index (χ0n) is 22.4. The SMILES string of the molecule is CC1(C)[C@H]2CC[C@@]1(C)[C@@H](OC(=O)N[C@](C)(Cc1c[nH]c3ccccc13)C(=O)NCCc1ccccc1)C2. The van der Waals surface area contributed by atoms with Crippen LogP contribution in [0.4, 0.5) is 4.79 Å². The largest absolute Gasteiger partial charge is 0.446 e. The molecule has 2 aromatic carbocycles. The highest BCUT2D eigenvalue weighted by molar-refractivity contribution is 5.91. The van der Waals surface area contributed by atoms with Gasteiger partial charge in [-0.3, -0.25) is 4.79 Å². The van der Waals surface area contributed by atoms with E-state index in [4.69, 9.17) is 4.74 Å². The summed E-state index contributed by atoms with van der Waals surface area (Å²) in [6.07, 6.45) is 5.47. The van der Waals surface area contributed by atoms with Crippen molar-refractivity contribution in [2.45, 2.75) is 71.4 Å². The van der Waals surface area contributed by atoms with Crippen LogP contribution in [0.3, 0.4) is 0 Å². The van der Waals surface area contributed by atoms with Crippen molar-refractivity contribution < 1.29 is 14.3 Å². The molecule has 6 nitrogen and oxygen atoms in total. The maximum absolute atomic E-state index is 13.6. The highest BCUT2D eigenvalue weighted by atomic mass is 16.6. The quantitative estimate of drug-likeness (QED) is 0.366. The highest BCUT2D eigenvalue weighted by Crippen LogP contribution is 2.66. The number of fused-ring (bicyclic) bond motifs is 3. The third kappa shape index (κ3) is 4.62. The molecule has 37 heavy (non-hydrogen) atoms. The first-order valence-electron chi connectivity index (χ1n) is 13.5. The zero-order chi connectivity index (χ0) is 26.3. The number of hydrogen-bond donors (Lipinski definition) is 3. The molecule has 0 unspecified atom stereocenters. The van der Waals surface area contributed by atoms with E-state index in [9.17, 15) is 9.59 Å². The molecule has 0 radical (unpaired) electrons. The second-order valence-corrected chi connectivity index (χ2v) is 12.0. The van der Waals surface area contributed by atoms with Gasteiger partial charge in [0.2, 0.25) is 5.91 Å². The molecule has 6 heteroatoms. The fourth-order valence-corrected chi connectivity index (χ4v) is 6.69. The minimum Gasteiger partial charge on any atom is -0.446 e. The molecule has 2 aliphatic rings. The predicted molar refractivity (Wildman–Crippen MR) is 146 cm³/mol. The van der Waals surface area contributed by atoms with Crippen LogP contribution in [0.25, 0.3) is 10.9 Å². The van der Waals surface area contributed by atoms with E-state index in [-0.39, 0.29) is 22.8 Å². The van der Waals surface area contributed by atoms with Crippen LogP contribution in [-0.4, -0.2) is 35.2 Å². The van der Waals surface area contributed by atoms with Crippen LogP contribution in [0.15, 0.2) is 60.8 Å². The van der Waals surface area contributed by atoms with Gasteiger partial charge in [-0.25, -0.2) is 4.79 Å². The first-order valence-corrected chi connectivity index (χ1v) is 13.5. The van der Waals surface area contributed by atoms with Gasteiger partial charge in [0.05, 0.1) is 0 Å². The third-order valence-corrected chi connectivity index (χ3v) is 9.60. The highest BCUT2D eigenvalue weighted by Gasteiger charge is 2.63. The fraction of sp³-hybridized carbons (Fsp3) is 0.484. The summed E-state index contributed by atoms with van der Waals surface area (Å²) >= 11 is 0. The van der Waals surface area contributed by atoms with Crippen LogP contribution in [0.5, 0.6) is 0 Å². The van der Waals surface area contributed by atoms with E-state index in [1.54, 1.807) is 6.92 Å². The number of carbonyl (C=O) groups excluding carboxylic acids is 2. The van der Waals surface area contributed by atoms with Crippen LogP contribution >= 0.6 is 0 Å². The third-order valence-electron chi connectivity index (χ3n) is 9.60. The summed E-state index contributed by atoms with van der Waals surface area (Å²) in [7, 11) is 0. The van der Waals surface area contributed by atoms with Crippen LogP contribution in [0, 0.1) is 16.7 Å². The maximum atomic E-state index is 13.6. The number of hydrogen-bond acceptors (Lipinski definition) is 3. The van der Waals surface area contributed by atoms with Gasteiger partial charge < -0.3 is 20.4 Å². The van der Waals surface area contributed by atoms with Crippen molar-refractivity contribution >= 4 is 22.9 Å². The molecular weight excluding hydrogens is 462 g/mol. The zero-order valence-corrected chi connectivity index (χ0v) is 22.4. The number of ether oxygens (including phenoxy) is 1. The summed E-state index contributed by atoms with van der Waals surface area (Å²) in [5.74, 6) is 0.347. The molecule has 1 heterocycles. The van der Waals surface area contributed by atoms with Crippen LogP contribution < -0.4 is 10.6 Å². The Morgan fingerprint density at radius 1 is 1.08 bits per heavy atom. The average molecular weight is 502 g/mol. The van der Waals surface area contributed by atoms with Gasteiger partial charge in [0, 0.05) is 35.5 Å². The molecule has 196 valence electrons. The molecular formula is C31H39N3O3. The normalized spacial score (nSPS) is 25.5. The number of aromatic nitrogens is 1. The van der Waals surface area contributed by atoms with Gasteiger partial charge in [-0.15, -0.1) is 0 Å². The van der Waals surface area contributed by atoms with Crippen molar-refractivity contribution in [3.05, 3.63) is 71.9 Å². The van der Waals surface area contributed by atoms with Crippen molar-refractivity contribution in [1.82, 2.24) is 15.6 Å². The number of alkyl carbamates (subject to hydrolysis) is 1. The van der Waals surface area contributed by atoms with Crippen molar-refractivity contribution in [2.24, 2.45) is 16.7 Å². The maximum Gasteiger partial charge on any atom is 0.408 e. The van der Waals surface area contributed by atoms with Gasteiger partial charge in [0.25, 0.3) is 0 Å². The molecule has 2 amide bonds. The van der Waals surface area contributed by atoms with Crippen molar-refractivity contribution in [1.29, 1.82) is 0 Å². The molecule has 2 saturated carbocycles. The Balaban J connectivity index is 1.32. The van der Waals surface area contributed by atoms with E-state index in [2.05, 4.69) is 36.4 Å². The lowest BCUT2D eigenvalue weighted by Crippen LogP contribution is -2.59. The smallest absolute Gasteiger partial charge is 0.408 e. The van der Waals surface area contributed by atoms with Gasteiger partial charge in [0.15, 0.2) is 0 Å². The Kier molecular flexibility index (Phi) is 6.55. The summed E-state index contributed by atoms with van der Waals surface area (Å²) in [5, 5.41) is 7.09. The Bertz CT molecular complexity index is 1280. The average Bonchev–Trinajstić information content (AvgIpc) is 3.43. The number of amides is 2. The molecule has 0 aliphatic heterocycles. The lowest BCUT2D eigenvalue weighted by atomic mass is 9.70. The van der Waals surface area contributed by atoms with Crippen molar-refractivity contribution in [2.75, 3.05) is 6.54 Å². The molecule has 2 aliphatic carbocycles. The van der Waals surface area contributed by atoms with Gasteiger partial charge in [0.1, 0.15) is 11.6 Å². The van der Waals surface area contributed by atoms with E-state index in [1.807, 2.05) is 60.8 Å². The summed E-state index contributed by atoms with van der Waals surface area (Å²) in [6.45, 7) is 9.12. The standard InChI is InChI=1S/C31H39N3O3/c1-29(2)23-14-16-30(29,3)26(18-23)37-28(36)34-31(4,19-22-20-33-25-13-9-8-12-24(22)25)27(35)32-17-15-21-10-6-5-7-11-21/h5-13,20,23,26,33H,14-19H2,1-4H3,(H,32,35)(H,34,36)/t23-,26-,30-,31+/m0/s1. The molecule has 0 spiro atoms. The van der Waals surface area contributed by atoms with E-state index in [0.717, 1.165) is 41.3 Å². The number of aromatic amines is 1. The molecule has 5 rings (SSSR count). The number of carbonyl (C=O) groups is 2. The number of benzene rings is 2. The number of nitrogens with one attached hydrogen (secondary N) is 3. The first kappa shape index (κ1) is 25.4. The predicted octanol–water partition coefficient (Wildman–Crippen LogP) is 5.77. The topological polar surface area (TPSA) is 83.2 Å². The van der Waals surface area contributed by atoms with Crippen LogP contribution in [-0.2, 0) is 22.4 Å². The molecule has 0 saturated heterocycles. The minimum absolute atomic E-state index is 0.0415. The molecule has 1 aromatic heterocycles. The van der Waals surface area contributed by atoms with E-state index < -0.39 is 11.6 Å². The number of H-pyrrole nitrogens is 1. The Hall–Kier alpha value is -3.28. The van der Waals surface area contributed by atoms with Crippen LogP contribution in [0.1, 0.15) is 58.1 Å². The van der Waals surface area contributed by atoms with Gasteiger partial charge in [-0.05, 0) is 61.1 Å². The van der Waals surface area contributed by atoms with E-state index >= 15 is 0 Å². The summed E-state index contributed by atoms with van der Waals surface area (Å²) in [5.41, 5.74) is 2.06. The second-order valence-electron chi connectivity index (χ2n) is 12.0. The molecule has 3 N–H and O–H groups in total. The number of rotatable bonds is 8. The lowest BCUT2D eigenvalue weighted by Gasteiger charge is -2.39. The van der Waals surface area contributed by atoms with Gasteiger partial charge >= 0.3 is 6.09 Å². The Morgan fingerprint density at radius 2 is 1.81 bits per heavy atom. The summed E-state index contributed by atoms with van der Waals surface area (Å²) in [4.78, 5) is 30.2. The van der Waals surface area contributed by atoms with E-state index in [0.29, 0.717) is 18.9 Å².